The Labute approximate surface area is 146 Å². The molecular formula is C16H19N4O4S-. The highest BCUT2D eigenvalue weighted by Gasteiger charge is 2.25. The molecular weight excluding hydrogens is 344 g/mol. The summed E-state index contributed by atoms with van der Waals surface area (Å²) in [5.41, 5.74) is 1.77. The van der Waals surface area contributed by atoms with E-state index >= 15 is 0 Å². The van der Waals surface area contributed by atoms with Gasteiger partial charge in [-0.2, -0.15) is 0 Å². The van der Waals surface area contributed by atoms with Crippen LogP contribution < -0.4 is 10.6 Å². The Morgan fingerprint density at radius 1 is 1.28 bits per heavy atom. The predicted octanol–water partition coefficient (Wildman–Crippen LogP) is 2.74. The summed E-state index contributed by atoms with van der Waals surface area (Å²) in [6, 6.07) is 7.07. The first kappa shape index (κ1) is 18.7. The van der Waals surface area contributed by atoms with Crippen molar-refractivity contribution < 1.29 is 13.2 Å². The highest BCUT2D eigenvalue weighted by molar-refractivity contribution is 7.89. The first-order chi connectivity index (χ1) is 11.7. The number of anilines is 2. The van der Waals surface area contributed by atoms with Crippen LogP contribution in [0.25, 0.3) is 0 Å². The number of amides is 2. The van der Waals surface area contributed by atoms with Crippen LogP contribution in [-0.2, 0) is 10.0 Å². The van der Waals surface area contributed by atoms with Gasteiger partial charge in [0.2, 0.25) is 0 Å². The Hall–Kier alpha value is -2.65. The van der Waals surface area contributed by atoms with E-state index in [2.05, 4.69) is 15.6 Å². The zero-order chi connectivity index (χ0) is 18.6. The highest BCUT2D eigenvalue weighted by atomic mass is 32.2. The number of aromatic nitrogens is 1. The van der Waals surface area contributed by atoms with Crippen molar-refractivity contribution in [2.45, 2.75) is 31.7 Å². The number of urea groups is 1. The van der Waals surface area contributed by atoms with E-state index in [-0.39, 0.29) is 16.6 Å². The normalized spacial score (nSPS) is 11.2. The number of carbonyl (C=O) groups is 1. The number of aryl methyl sites for hydroxylation is 1. The second kappa shape index (κ2) is 7.49. The molecule has 0 bridgehead atoms. The summed E-state index contributed by atoms with van der Waals surface area (Å²) in [5, 5.41) is 17.2. The molecule has 0 saturated heterocycles. The minimum Gasteiger partial charge on any atom is -0.741 e. The SMILES string of the molecule is Cc1cccc(Nc2ccncc2S(=O)(=O)N([O-])C(=O)NC(C)C)c1. The van der Waals surface area contributed by atoms with Crippen LogP contribution in [0, 0.1) is 12.1 Å². The van der Waals surface area contributed by atoms with E-state index < -0.39 is 20.5 Å². The quantitative estimate of drug-likeness (QED) is 0.790. The predicted molar refractivity (Wildman–Crippen MR) is 94.8 cm³/mol. The molecule has 0 aliphatic carbocycles. The van der Waals surface area contributed by atoms with Crippen LogP contribution in [0.4, 0.5) is 16.2 Å². The van der Waals surface area contributed by atoms with Crippen LogP contribution in [0.5, 0.6) is 0 Å². The lowest BCUT2D eigenvalue weighted by molar-refractivity contribution is 0.229. The Bertz CT molecular complexity index is 868. The molecule has 0 spiro atoms. The zero-order valence-electron chi connectivity index (χ0n) is 14.1. The van der Waals surface area contributed by atoms with Gasteiger partial charge in [-0.25, -0.2) is 13.2 Å². The van der Waals surface area contributed by atoms with Crippen molar-refractivity contribution in [3.63, 3.8) is 0 Å². The van der Waals surface area contributed by atoms with Gasteiger partial charge >= 0.3 is 6.03 Å². The Morgan fingerprint density at radius 2 is 2.00 bits per heavy atom. The molecule has 134 valence electrons. The molecule has 0 fully saturated rings. The molecule has 1 heterocycles. The molecule has 9 heteroatoms. The van der Waals surface area contributed by atoms with E-state index in [4.69, 9.17) is 0 Å². The Morgan fingerprint density at radius 3 is 2.64 bits per heavy atom. The molecule has 0 aliphatic heterocycles. The summed E-state index contributed by atoms with van der Waals surface area (Å²) in [6.45, 7) is 5.13. The van der Waals surface area contributed by atoms with E-state index in [9.17, 15) is 18.4 Å². The lowest BCUT2D eigenvalue weighted by atomic mass is 10.2. The van der Waals surface area contributed by atoms with Crippen molar-refractivity contribution >= 4 is 27.4 Å². The summed E-state index contributed by atoms with van der Waals surface area (Å²) in [4.78, 5) is 15.1. The van der Waals surface area contributed by atoms with Crippen molar-refractivity contribution in [2.75, 3.05) is 5.32 Å². The fraction of sp³-hybridized carbons (Fsp3) is 0.250. The van der Waals surface area contributed by atoms with Crippen molar-refractivity contribution in [3.05, 3.63) is 53.5 Å². The molecule has 0 radical (unpaired) electrons. The molecule has 2 rings (SSSR count). The molecule has 1 aromatic heterocycles. The van der Waals surface area contributed by atoms with Gasteiger partial charge < -0.3 is 15.8 Å². The summed E-state index contributed by atoms with van der Waals surface area (Å²) < 4.78 is 24.4. The Balaban J connectivity index is 2.37. The summed E-state index contributed by atoms with van der Waals surface area (Å²) >= 11 is 0. The maximum Gasteiger partial charge on any atom is 0.320 e. The van der Waals surface area contributed by atoms with Gasteiger partial charge in [0.1, 0.15) is 4.90 Å². The molecule has 0 saturated carbocycles. The second-order valence-electron chi connectivity index (χ2n) is 5.70. The van der Waals surface area contributed by atoms with Crippen molar-refractivity contribution in [2.24, 2.45) is 0 Å². The van der Waals surface area contributed by atoms with Gasteiger partial charge in [0.25, 0.3) is 10.0 Å². The maximum atomic E-state index is 12.5. The fourth-order valence-electron chi connectivity index (χ4n) is 2.07. The van der Waals surface area contributed by atoms with Gasteiger partial charge in [0, 0.05) is 24.1 Å². The average Bonchev–Trinajstić information content (AvgIpc) is 2.54. The average molecular weight is 363 g/mol. The third-order valence-corrected chi connectivity index (χ3v) is 4.64. The van der Waals surface area contributed by atoms with Gasteiger partial charge in [0.15, 0.2) is 0 Å². The number of rotatable bonds is 5. The smallest absolute Gasteiger partial charge is 0.320 e. The van der Waals surface area contributed by atoms with Crippen LogP contribution in [0.3, 0.4) is 0 Å². The van der Waals surface area contributed by atoms with Crippen molar-refractivity contribution in [1.82, 2.24) is 14.8 Å². The number of sulfonamides is 1. The number of hydrogen-bond donors (Lipinski definition) is 2. The molecule has 1 aromatic carbocycles. The molecule has 25 heavy (non-hydrogen) atoms. The van der Waals surface area contributed by atoms with Crippen LogP contribution in [0.2, 0.25) is 0 Å². The number of hydroxylamine groups is 1. The van der Waals surface area contributed by atoms with E-state index in [1.807, 2.05) is 25.1 Å². The van der Waals surface area contributed by atoms with Crippen molar-refractivity contribution in [1.29, 1.82) is 0 Å². The number of pyridine rings is 1. The number of nitrogens with one attached hydrogen (secondary N) is 2. The molecule has 2 aromatic rings. The van der Waals surface area contributed by atoms with E-state index in [0.717, 1.165) is 11.8 Å². The summed E-state index contributed by atoms with van der Waals surface area (Å²) in [6.07, 6.45) is 2.42. The Kier molecular flexibility index (Phi) is 5.60. The van der Waals surface area contributed by atoms with Crippen molar-refractivity contribution in [3.8, 4) is 0 Å². The van der Waals surface area contributed by atoms with Gasteiger partial charge in [-0.15, -0.1) is 0 Å². The van der Waals surface area contributed by atoms with Crippen LogP contribution >= 0.6 is 0 Å². The third-order valence-electron chi connectivity index (χ3n) is 3.16. The second-order valence-corrected chi connectivity index (χ2v) is 7.42. The minimum atomic E-state index is -4.60. The van der Waals surface area contributed by atoms with Gasteiger partial charge in [-0.05, 0) is 44.5 Å². The van der Waals surface area contributed by atoms with Gasteiger partial charge in [-0.3, -0.25) is 9.45 Å². The number of benzene rings is 1. The fourth-order valence-corrected chi connectivity index (χ4v) is 3.11. The summed E-state index contributed by atoms with van der Waals surface area (Å²) in [7, 11) is -4.60. The standard InChI is InChI=1S/C16H19N4O4S/c1-11(2)18-16(21)20(22)25(23,24)15-10-17-8-7-14(15)19-13-6-4-5-12(3)9-13/h4-11H,1-3H3,(H,17,19)(H,18,21)/q-1. The minimum absolute atomic E-state index is 0.152. The molecule has 8 nitrogen and oxygen atoms in total. The van der Waals surface area contributed by atoms with E-state index in [0.29, 0.717) is 5.69 Å². The largest absolute Gasteiger partial charge is 0.741 e. The molecule has 2 N–H and O–H groups in total. The topological polar surface area (TPSA) is 114 Å². The lowest BCUT2D eigenvalue weighted by Crippen LogP contribution is -2.42. The number of hydrogen-bond acceptors (Lipinski definition) is 6. The molecule has 0 aliphatic rings. The highest BCUT2D eigenvalue weighted by Crippen LogP contribution is 2.26. The molecule has 2 amide bonds. The lowest BCUT2D eigenvalue weighted by Gasteiger charge is -2.29. The molecule has 0 unspecified atom stereocenters. The van der Waals surface area contributed by atoms with Crippen LogP contribution in [-0.4, -0.2) is 29.9 Å². The zero-order valence-corrected chi connectivity index (χ0v) is 14.9. The van der Waals surface area contributed by atoms with E-state index in [1.54, 1.807) is 19.9 Å². The summed E-state index contributed by atoms with van der Waals surface area (Å²) in [5.74, 6) is 0. The first-order valence-corrected chi connectivity index (χ1v) is 8.96. The van der Waals surface area contributed by atoms with Gasteiger partial charge in [0.05, 0.1) is 5.69 Å². The first-order valence-electron chi connectivity index (χ1n) is 7.52. The van der Waals surface area contributed by atoms with E-state index in [1.165, 1.54) is 12.3 Å². The molecule has 0 atom stereocenters. The number of carbonyl (C=O) groups excluding carboxylic acids is 1. The van der Waals surface area contributed by atoms with Crippen LogP contribution in [0.15, 0.2) is 47.6 Å². The van der Waals surface area contributed by atoms with Crippen LogP contribution in [0.1, 0.15) is 19.4 Å². The third kappa shape index (κ3) is 4.46. The number of nitrogens with zero attached hydrogens (tertiary/aromatic N) is 2. The van der Waals surface area contributed by atoms with Gasteiger partial charge in [-0.1, -0.05) is 12.1 Å². The maximum absolute atomic E-state index is 12.5. The monoisotopic (exact) mass is 363 g/mol.